The summed E-state index contributed by atoms with van der Waals surface area (Å²) in [5.74, 6) is 0. The molecule has 1 aromatic heterocycles. The highest BCUT2D eigenvalue weighted by molar-refractivity contribution is 5.78. The van der Waals surface area contributed by atoms with Crippen molar-refractivity contribution in [1.29, 1.82) is 0 Å². The molecular weight excluding hydrogens is 236 g/mol. The minimum atomic E-state index is -0.0655. The molecule has 3 aromatic rings. The van der Waals surface area contributed by atoms with E-state index in [2.05, 4.69) is 4.98 Å². The van der Waals surface area contributed by atoms with Gasteiger partial charge in [0.1, 0.15) is 5.69 Å². The lowest BCUT2D eigenvalue weighted by Crippen LogP contribution is -2.20. The van der Waals surface area contributed by atoms with Crippen LogP contribution in [0.15, 0.2) is 53.3 Å². The van der Waals surface area contributed by atoms with Crippen molar-refractivity contribution < 1.29 is 0 Å². The molecule has 0 fully saturated rings. The Labute approximate surface area is 111 Å². The fourth-order valence-corrected chi connectivity index (χ4v) is 2.22. The third-order valence-electron chi connectivity index (χ3n) is 3.28. The van der Waals surface area contributed by atoms with Gasteiger partial charge in [0, 0.05) is 12.6 Å². The molecule has 0 saturated carbocycles. The molecule has 3 nitrogen and oxygen atoms in total. The van der Waals surface area contributed by atoms with Gasteiger partial charge in [-0.15, -0.1) is 0 Å². The lowest BCUT2D eigenvalue weighted by Gasteiger charge is -2.08. The number of fused-ring (bicyclic) bond motifs is 1. The van der Waals surface area contributed by atoms with Crippen LogP contribution in [-0.2, 0) is 7.05 Å². The average molecular weight is 250 g/mol. The molecule has 0 atom stereocenters. The van der Waals surface area contributed by atoms with E-state index in [1.165, 1.54) is 0 Å². The van der Waals surface area contributed by atoms with Gasteiger partial charge < -0.3 is 4.57 Å². The third kappa shape index (κ3) is 1.93. The van der Waals surface area contributed by atoms with Crippen molar-refractivity contribution >= 4 is 11.0 Å². The van der Waals surface area contributed by atoms with Crippen molar-refractivity contribution in [3.8, 4) is 11.3 Å². The summed E-state index contributed by atoms with van der Waals surface area (Å²) >= 11 is 0. The predicted molar refractivity (Wildman–Crippen MR) is 77.2 cm³/mol. The van der Waals surface area contributed by atoms with Crippen molar-refractivity contribution in [3.05, 3.63) is 64.4 Å². The molecule has 19 heavy (non-hydrogen) atoms. The third-order valence-corrected chi connectivity index (χ3v) is 3.28. The summed E-state index contributed by atoms with van der Waals surface area (Å²) < 4.78 is 1.66. The van der Waals surface area contributed by atoms with E-state index in [9.17, 15) is 4.79 Å². The summed E-state index contributed by atoms with van der Waals surface area (Å²) in [5, 5.41) is 0. The molecule has 0 saturated heterocycles. The Hall–Kier alpha value is -2.42. The molecule has 0 bridgehead atoms. The van der Waals surface area contributed by atoms with Crippen LogP contribution in [0.1, 0.15) is 5.56 Å². The second-order valence-corrected chi connectivity index (χ2v) is 4.68. The molecule has 3 heteroatoms. The van der Waals surface area contributed by atoms with Crippen LogP contribution in [0.5, 0.6) is 0 Å². The SMILES string of the molecule is Cc1ccc2nc(-c3ccccc3)c(=O)n(C)c2c1. The molecule has 0 aliphatic heterocycles. The monoisotopic (exact) mass is 250 g/mol. The van der Waals surface area contributed by atoms with Crippen LogP contribution in [0.2, 0.25) is 0 Å². The van der Waals surface area contributed by atoms with Gasteiger partial charge in [-0.25, -0.2) is 4.98 Å². The molecule has 0 spiro atoms. The number of nitrogens with zero attached hydrogens (tertiary/aromatic N) is 2. The highest BCUT2D eigenvalue weighted by Crippen LogP contribution is 2.17. The van der Waals surface area contributed by atoms with Crippen LogP contribution < -0.4 is 5.56 Å². The molecule has 0 N–H and O–H groups in total. The van der Waals surface area contributed by atoms with Crippen molar-refractivity contribution in [1.82, 2.24) is 9.55 Å². The number of aromatic nitrogens is 2. The highest BCUT2D eigenvalue weighted by Gasteiger charge is 2.10. The molecule has 2 aromatic carbocycles. The van der Waals surface area contributed by atoms with Gasteiger partial charge in [-0.05, 0) is 24.6 Å². The zero-order chi connectivity index (χ0) is 13.4. The highest BCUT2D eigenvalue weighted by atomic mass is 16.1. The molecule has 1 heterocycles. The second-order valence-electron chi connectivity index (χ2n) is 4.68. The second kappa shape index (κ2) is 4.35. The standard InChI is InChI=1S/C16H14N2O/c1-11-8-9-13-14(10-11)18(2)16(19)15(17-13)12-6-4-3-5-7-12/h3-10H,1-2H3. The predicted octanol–water partition coefficient (Wildman–Crippen LogP) is 2.91. The van der Waals surface area contributed by atoms with Crippen molar-refractivity contribution in [2.75, 3.05) is 0 Å². The maximum atomic E-state index is 12.4. The van der Waals surface area contributed by atoms with Crippen LogP contribution in [0.25, 0.3) is 22.3 Å². The van der Waals surface area contributed by atoms with E-state index in [4.69, 9.17) is 0 Å². The van der Waals surface area contributed by atoms with Gasteiger partial charge in [0.05, 0.1) is 11.0 Å². The Morgan fingerprint density at radius 3 is 2.53 bits per heavy atom. The summed E-state index contributed by atoms with van der Waals surface area (Å²) in [6, 6.07) is 15.5. The van der Waals surface area contributed by atoms with E-state index < -0.39 is 0 Å². The van der Waals surface area contributed by atoms with Crippen LogP contribution in [0.4, 0.5) is 0 Å². The molecule has 0 amide bonds. The number of rotatable bonds is 1. The number of benzene rings is 2. The van der Waals surface area contributed by atoms with E-state index in [1.807, 2.05) is 55.5 Å². The van der Waals surface area contributed by atoms with E-state index in [-0.39, 0.29) is 5.56 Å². The van der Waals surface area contributed by atoms with Gasteiger partial charge in [-0.3, -0.25) is 4.79 Å². The van der Waals surface area contributed by atoms with Crippen LogP contribution in [0.3, 0.4) is 0 Å². The van der Waals surface area contributed by atoms with Crippen molar-refractivity contribution in [2.45, 2.75) is 6.92 Å². The van der Waals surface area contributed by atoms with E-state index in [0.29, 0.717) is 5.69 Å². The fraction of sp³-hybridized carbons (Fsp3) is 0.125. The lowest BCUT2D eigenvalue weighted by atomic mass is 10.1. The first-order valence-electron chi connectivity index (χ1n) is 6.19. The quantitative estimate of drug-likeness (QED) is 0.665. The topological polar surface area (TPSA) is 34.9 Å². The molecule has 0 unspecified atom stereocenters. The summed E-state index contributed by atoms with van der Waals surface area (Å²) in [6.45, 7) is 2.01. The first-order chi connectivity index (χ1) is 9.16. The molecule has 0 aliphatic rings. The molecule has 94 valence electrons. The Kier molecular flexibility index (Phi) is 2.67. The van der Waals surface area contributed by atoms with E-state index in [1.54, 1.807) is 11.6 Å². The molecule has 3 rings (SSSR count). The van der Waals surface area contributed by atoms with E-state index in [0.717, 1.165) is 22.2 Å². The van der Waals surface area contributed by atoms with Crippen LogP contribution in [0, 0.1) is 6.92 Å². The summed E-state index contributed by atoms with van der Waals surface area (Å²) in [4.78, 5) is 16.9. The summed E-state index contributed by atoms with van der Waals surface area (Å²) in [5.41, 5.74) is 4.11. The Morgan fingerprint density at radius 2 is 1.79 bits per heavy atom. The van der Waals surface area contributed by atoms with Gasteiger partial charge in [-0.1, -0.05) is 36.4 Å². The Balaban J connectivity index is 2.37. The zero-order valence-electron chi connectivity index (χ0n) is 10.9. The fourth-order valence-electron chi connectivity index (χ4n) is 2.22. The molecule has 0 aliphatic carbocycles. The number of hydrogen-bond donors (Lipinski definition) is 0. The van der Waals surface area contributed by atoms with Gasteiger partial charge >= 0.3 is 0 Å². The van der Waals surface area contributed by atoms with Crippen molar-refractivity contribution in [3.63, 3.8) is 0 Å². The van der Waals surface area contributed by atoms with E-state index >= 15 is 0 Å². The van der Waals surface area contributed by atoms with Gasteiger partial charge in [0.15, 0.2) is 0 Å². The Bertz CT molecular complexity index is 804. The smallest absolute Gasteiger partial charge is 0.277 e. The lowest BCUT2D eigenvalue weighted by molar-refractivity contribution is 0.895. The first-order valence-corrected chi connectivity index (χ1v) is 6.19. The summed E-state index contributed by atoms with van der Waals surface area (Å²) in [7, 11) is 1.79. The number of hydrogen-bond acceptors (Lipinski definition) is 2. The van der Waals surface area contributed by atoms with Gasteiger partial charge in [-0.2, -0.15) is 0 Å². The number of aryl methyl sites for hydroxylation is 2. The maximum Gasteiger partial charge on any atom is 0.277 e. The average Bonchev–Trinajstić information content (AvgIpc) is 2.44. The summed E-state index contributed by atoms with van der Waals surface area (Å²) in [6.07, 6.45) is 0. The normalized spacial score (nSPS) is 10.8. The van der Waals surface area contributed by atoms with Crippen LogP contribution in [-0.4, -0.2) is 9.55 Å². The van der Waals surface area contributed by atoms with Gasteiger partial charge in [0.2, 0.25) is 0 Å². The van der Waals surface area contributed by atoms with Crippen LogP contribution >= 0.6 is 0 Å². The van der Waals surface area contributed by atoms with Crippen molar-refractivity contribution in [2.24, 2.45) is 7.05 Å². The minimum absolute atomic E-state index is 0.0655. The Morgan fingerprint density at radius 1 is 1.05 bits per heavy atom. The molecule has 0 radical (unpaired) electrons. The zero-order valence-corrected chi connectivity index (χ0v) is 10.9. The van der Waals surface area contributed by atoms with Gasteiger partial charge in [0.25, 0.3) is 5.56 Å². The maximum absolute atomic E-state index is 12.4. The largest absolute Gasteiger partial charge is 0.308 e. The first kappa shape index (κ1) is 11.7. The molecular formula is C16H14N2O. The minimum Gasteiger partial charge on any atom is -0.308 e.